The van der Waals surface area contributed by atoms with Gasteiger partial charge in [-0.15, -0.1) is 0 Å². The summed E-state index contributed by atoms with van der Waals surface area (Å²) in [7, 11) is 1.17. The minimum Gasteiger partial charge on any atom is -0.465 e. The van der Waals surface area contributed by atoms with Crippen molar-refractivity contribution in [3.8, 4) is 0 Å². The number of nitro benzene ring substituents is 1. The van der Waals surface area contributed by atoms with Gasteiger partial charge in [-0.1, -0.05) is 11.6 Å². The number of rotatable bonds is 5. The average Bonchev–Trinajstić information content (AvgIpc) is 2.41. The predicted octanol–water partition coefficient (Wildman–Crippen LogP) is 2.36. The van der Waals surface area contributed by atoms with Crippen LogP contribution in [0.25, 0.3) is 0 Å². The summed E-state index contributed by atoms with van der Waals surface area (Å²) in [5, 5.41) is 24.0. The van der Waals surface area contributed by atoms with E-state index in [2.05, 4.69) is 10.1 Å². The lowest BCUT2D eigenvalue weighted by Gasteiger charge is -2.36. The topological polar surface area (TPSA) is 102 Å². The Morgan fingerprint density at radius 1 is 1.57 bits per heavy atom. The van der Waals surface area contributed by atoms with Crippen LogP contribution in [-0.2, 0) is 4.74 Å². The van der Waals surface area contributed by atoms with Gasteiger partial charge in [0.15, 0.2) is 0 Å². The molecule has 0 atom stereocenters. The molecule has 2 rings (SSSR count). The maximum Gasteiger partial charge on any atom is 0.339 e. The van der Waals surface area contributed by atoms with Gasteiger partial charge in [0.1, 0.15) is 5.69 Å². The number of nitro groups is 1. The van der Waals surface area contributed by atoms with Crippen molar-refractivity contribution in [3.63, 3.8) is 0 Å². The summed E-state index contributed by atoms with van der Waals surface area (Å²) in [5.74, 6) is -0.743. The molecule has 0 amide bonds. The van der Waals surface area contributed by atoms with Gasteiger partial charge in [0.05, 0.1) is 28.2 Å². The van der Waals surface area contributed by atoms with Crippen LogP contribution < -0.4 is 5.32 Å². The molecule has 114 valence electrons. The molecule has 7 nitrogen and oxygen atoms in total. The second kappa shape index (κ2) is 5.87. The van der Waals surface area contributed by atoms with Crippen molar-refractivity contribution in [2.75, 3.05) is 19.0 Å². The number of esters is 1. The zero-order valence-electron chi connectivity index (χ0n) is 11.4. The van der Waals surface area contributed by atoms with E-state index in [-0.39, 0.29) is 28.5 Å². The molecule has 8 heteroatoms. The second-order valence-electron chi connectivity index (χ2n) is 5.03. The third kappa shape index (κ3) is 3.25. The standard InChI is InChI=1S/C13H15ClN2O5/c1-21-12(17)8-5-11(16(19)20)10(6-9(8)14)15-7-13(18)3-2-4-13/h5-6,15,18H,2-4,7H2,1H3. The van der Waals surface area contributed by atoms with E-state index in [1.54, 1.807) is 0 Å². The molecule has 1 fully saturated rings. The van der Waals surface area contributed by atoms with E-state index in [0.717, 1.165) is 12.5 Å². The summed E-state index contributed by atoms with van der Waals surface area (Å²) in [6.45, 7) is 0.196. The van der Waals surface area contributed by atoms with Gasteiger partial charge in [-0.2, -0.15) is 0 Å². The Morgan fingerprint density at radius 3 is 2.71 bits per heavy atom. The van der Waals surface area contributed by atoms with Gasteiger partial charge in [-0.05, 0) is 25.3 Å². The minimum absolute atomic E-state index is 0.0514. The zero-order chi connectivity index (χ0) is 15.6. The second-order valence-corrected chi connectivity index (χ2v) is 5.44. The molecule has 0 bridgehead atoms. The SMILES string of the molecule is COC(=O)c1cc([N+](=O)[O-])c(NCC2(O)CCC2)cc1Cl. The molecule has 21 heavy (non-hydrogen) atoms. The summed E-state index contributed by atoms with van der Waals surface area (Å²) in [5.41, 5.74) is -1.03. The van der Waals surface area contributed by atoms with Crippen molar-refractivity contribution in [2.24, 2.45) is 0 Å². The molecule has 1 saturated carbocycles. The first-order valence-electron chi connectivity index (χ1n) is 6.39. The Kier molecular flexibility index (Phi) is 4.34. The first-order valence-corrected chi connectivity index (χ1v) is 6.76. The van der Waals surface area contributed by atoms with Gasteiger partial charge < -0.3 is 15.2 Å². The summed E-state index contributed by atoms with van der Waals surface area (Å²) < 4.78 is 4.53. The van der Waals surface area contributed by atoms with Crippen molar-refractivity contribution >= 4 is 28.9 Å². The number of hydrogen-bond donors (Lipinski definition) is 2. The highest BCUT2D eigenvalue weighted by Crippen LogP contribution is 2.35. The maximum absolute atomic E-state index is 11.5. The van der Waals surface area contributed by atoms with Gasteiger partial charge in [0.25, 0.3) is 5.69 Å². The number of anilines is 1. The number of hydrogen-bond acceptors (Lipinski definition) is 6. The molecule has 0 unspecified atom stereocenters. The summed E-state index contributed by atoms with van der Waals surface area (Å²) in [6, 6.07) is 2.37. The third-order valence-electron chi connectivity index (χ3n) is 3.58. The van der Waals surface area contributed by atoms with Crippen molar-refractivity contribution in [3.05, 3.63) is 32.8 Å². The highest BCUT2D eigenvalue weighted by molar-refractivity contribution is 6.34. The van der Waals surface area contributed by atoms with Crippen LogP contribution in [0.2, 0.25) is 5.02 Å². The van der Waals surface area contributed by atoms with Gasteiger partial charge in [0, 0.05) is 12.6 Å². The van der Waals surface area contributed by atoms with Crippen molar-refractivity contribution in [1.82, 2.24) is 0 Å². The van der Waals surface area contributed by atoms with E-state index in [1.165, 1.54) is 13.2 Å². The fourth-order valence-electron chi connectivity index (χ4n) is 2.14. The highest BCUT2D eigenvalue weighted by Gasteiger charge is 2.34. The largest absolute Gasteiger partial charge is 0.465 e. The Balaban J connectivity index is 2.29. The van der Waals surface area contributed by atoms with E-state index in [0.29, 0.717) is 12.8 Å². The van der Waals surface area contributed by atoms with Crippen LogP contribution in [0.3, 0.4) is 0 Å². The Labute approximate surface area is 126 Å². The van der Waals surface area contributed by atoms with Crippen LogP contribution in [0.4, 0.5) is 11.4 Å². The Bertz CT molecular complexity index is 586. The maximum atomic E-state index is 11.5. The summed E-state index contributed by atoms with van der Waals surface area (Å²) in [6.07, 6.45) is 2.24. The molecule has 1 aliphatic rings. The molecule has 0 radical (unpaired) electrons. The van der Waals surface area contributed by atoms with Crippen molar-refractivity contribution < 1.29 is 19.6 Å². The molecule has 0 aliphatic heterocycles. The number of nitrogens with zero attached hydrogens (tertiary/aromatic N) is 1. The van der Waals surface area contributed by atoms with E-state index < -0.39 is 16.5 Å². The lowest BCUT2D eigenvalue weighted by atomic mass is 9.80. The molecular weight excluding hydrogens is 300 g/mol. The summed E-state index contributed by atoms with van der Waals surface area (Å²) >= 11 is 5.95. The Morgan fingerprint density at radius 2 is 2.24 bits per heavy atom. The van der Waals surface area contributed by atoms with Crippen LogP contribution in [0, 0.1) is 10.1 Å². The van der Waals surface area contributed by atoms with Crippen molar-refractivity contribution in [1.29, 1.82) is 0 Å². The molecule has 1 aliphatic carbocycles. The number of carbonyl (C=O) groups is 1. The van der Waals surface area contributed by atoms with E-state index in [9.17, 15) is 20.0 Å². The highest BCUT2D eigenvalue weighted by atomic mass is 35.5. The number of carbonyl (C=O) groups excluding carboxylic acids is 1. The van der Waals surface area contributed by atoms with Gasteiger partial charge in [-0.25, -0.2) is 4.79 Å². The zero-order valence-corrected chi connectivity index (χ0v) is 12.1. The molecule has 0 saturated heterocycles. The van der Waals surface area contributed by atoms with Gasteiger partial charge in [-0.3, -0.25) is 10.1 Å². The first kappa shape index (κ1) is 15.5. The third-order valence-corrected chi connectivity index (χ3v) is 3.89. The molecule has 1 aromatic rings. The number of halogens is 1. The number of aliphatic hydroxyl groups is 1. The number of ether oxygens (including phenoxy) is 1. The van der Waals surface area contributed by atoms with E-state index in [4.69, 9.17) is 11.6 Å². The van der Waals surface area contributed by atoms with Gasteiger partial charge >= 0.3 is 5.97 Å². The van der Waals surface area contributed by atoms with Crippen LogP contribution in [0.15, 0.2) is 12.1 Å². The smallest absolute Gasteiger partial charge is 0.339 e. The molecule has 2 N–H and O–H groups in total. The van der Waals surface area contributed by atoms with Gasteiger partial charge in [0.2, 0.25) is 0 Å². The lowest BCUT2D eigenvalue weighted by molar-refractivity contribution is -0.384. The molecule has 0 aromatic heterocycles. The number of nitrogens with one attached hydrogen (secondary N) is 1. The fourth-order valence-corrected chi connectivity index (χ4v) is 2.38. The van der Waals surface area contributed by atoms with Crippen molar-refractivity contribution in [2.45, 2.75) is 24.9 Å². The molecule has 1 aromatic carbocycles. The minimum atomic E-state index is -0.832. The van der Waals surface area contributed by atoms with E-state index in [1.807, 2.05) is 0 Å². The summed E-state index contributed by atoms with van der Waals surface area (Å²) in [4.78, 5) is 22.0. The quantitative estimate of drug-likeness (QED) is 0.491. The van der Waals surface area contributed by atoms with Crippen LogP contribution in [0.1, 0.15) is 29.6 Å². The predicted molar refractivity (Wildman–Crippen MR) is 76.7 cm³/mol. The van der Waals surface area contributed by atoms with Crippen LogP contribution in [-0.4, -0.2) is 35.3 Å². The molecule has 0 heterocycles. The van der Waals surface area contributed by atoms with E-state index >= 15 is 0 Å². The van der Waals surface area contributed by atoms with Crippen LogP contribution >= 0.6 is 11.6 Å². The first-order chi connectivity index (χ1) is 9.86. The van der Waals surface area contributed by atoms with Crippen LogP contribution in [0.5, 0.6) is 0 Å². The molecular formula is C13H15ClN2O5. The lowest BCUT2D eigenvalue weighted by Crippen LogP contribution is -2.43. The number of methoxy groups -OCH3 is 1. The fraction of sp³-hybridized carbons (Fsp3) is 0.462. The Hall–Kier alpha value is -1.86. The molecule has 0 spiro atoms. The monoisotopic (exact) mass is 314 g/mol. The number of benzene rings is 1. The normalized spacial score (nSPS) is 16.0. The average molecular weight is 315 g/mol.